The average molecular weight is 526 g/mol. The normalized spacial score (nSPS) is 18.4. The number of carbonyl (C=O) groups is 1. The van der Waals surface area contributed by atoms with Gasteiger partial charge >= 0.3 is 5.69 Å². The summed E-state index contributed by atoms with van der Waals surface area (Å²) in [5.41, 5.74) is 0.630. The molecular formula is C27H27N9O3. The van der Waals surface area contributed by atoms with E-state index in [1.54, 1.807) is 38.4 Å². The smallest absolute Gasteiger partial charge is 0.333 e. The topological polar surface area (TPSA) is 133 Å². The number of aryl methyl sites for hydroxylation is 1. The number of nitrogens with one attached hydrogen (secondary N) is 1. The van der Waals surface area contributed by atoms with Gasteiger partial charge in [-0.3, -0.25) is 14.2 Å². The summed E-state index contributed by atoms with van der Waals surface area (Å²) in [4.78, 5) is 59.1. The monoisotopic (exact) mass is 525 g/mol. The van der Waals surface area contributed by atoms with Crippen LogP contribution in [-0.2, 0) is 18.4 Å². The van der Waals surface area contributed by atoms with Crippen LogP contribution in [0.4, 0.5) is 11.8 Å². The third-order valence-corrected chi connectivity index (χ3v) is 7.46. The molecule has 1 aliphatic carbocycles. The van der Waals surface area contributed by atoms with Crippen LogP contribution >= 0.6 is 0 Å². The molecule has 12 heteroatoms. The van der Waals surface area contributed by atoms with Crippen molar-refractivity contribution in [1.29, 1.82) is 0 Å². The molecule has 1 saturated heterocycles. The molecule has 12 nitrogen and oxygen atoms in total. The second kappa shape index (κ2) is 9.50. The van der Waals surface area contributed by atoms with E-state index in [0.717, 1.165) is 41.0 Å². The van der Waals surface area contributed by atoms with Gasteiger partial charge in [0.05, 0.1) is 18.6 Å². The lowest BCUT2D eigenvalue weighted by atomic mass is 10.2. The number of anilines is 2. The molecular weight excluding hydrogens is 498 g/mol. The zero-order valence-electron chi connectivity index (χ0n) is 21.8. The molecule has 2 fully saturated rings. The number of rotatable bonds is 6. The maximum Gasteiger partial charge on any atom is 0.333 e. The molecule has 3 atom stereocenters. The Morgan fingerprint density at radius 2 is 1.90 bits per heavy atom. The second-order valence-corrected chi connectivity index (χ2v) is 9.99. The van der Waals surface area contributed by atoms with Crippen molar-refractivity contribution in [3.8, 4) is 23.1 Å². The van der Waals surface area contributed by atoms with Crippen molar-refractivity contribution < 1.29 is 4.79 Å². The maximum absolute atomic E-state index is 13.2. The van der Waals surface area contributed by atoms with Gasteiger partial charge < -0.3 is 14.8 Å². The number of hydrogen-bond donors (Lipinski definition) is 1. The Kier molecular flexibility index (Phi) is 5.98. The Bertz CT molecular complexity index is 1760. The zero-order chi connectivity index (χ0) is 27.3. The molecule has 0 bridgehead atoms. The number of nitrogens with zero attached hydrogens (tertiary/aromatic N) is 8. The fourth-order valence-corrected chi connectivity index (χ4v) is 5.08. The van der Waals surface area contributed by atoms with Gasteiger partial charge in [0.15, 0.2) is 11.2 Å². The standard InChI is InChI=1S/C27H27N9O3/c1-4-5-9-35-25(38)22-23(33(3)27(35)39)30-15-36(22)16(2)24(37)32-21-8-6-7-20(31-21)19-11-28-26(29-12-19)34-13-17-10-18(17)14-34/h6-8,11-12,15-18H,9-10,13-14H2,1-3H3,(H,31,32,37)/t16-,17?,18?/m0/s1. The third kappa shape index (κ3) is 4.35. The number of piperidine rings is 1. The minimum absolute atomic E-state index is 0.0514. The van der Waals surface area contributed by atoms with Gasteiger partial charge in [-0.05, 0) is 44.2 Å². The van der Waals surface area contributed by atoms with Crippen LogP contribution in [0.2, 0.25) is 0 Å². The van der Waals surface area contributed by atoms with E-state index in [2.05, 4.69) is 42.0 Å². The fourth-order valence-electron chi connectivity index (χ4n) is 5.08. The Morgan fingerprint density at radius 3 is 2.62 bits per heavy atom. The average Bonchev–Trinajstić information content (AvgIpc) is 3.33. The van der Waals surface area contributed by atoms with Crippen molar-refractivity contribution in [3.63, 3.8) is 0 Å². The molecule has 0 radical (unpaired) electrons. The first-order valence-electron chi connectivity index (χ1n) is 12.8. The largest absolute Gasteiger partial charge is 0.340 e. The van der Waals surface area contributed by atoms with E-state index >= 15 is 0 Å². The van der Waals surface area contributed by atoms with Crippen LogP contribution < -0.4 is 21.5 Å². The molecule has 198 valence electrons. The van der Waals surface area contributed by atoms with Crippen molar-refractivity contribution in [3.05, 3.63) is 57.8 Å². The van der Waals surface area contributed by atoms with Crippen LogP contribution in [0.15, 0.2) is 46.5 Å². The predicted octanol–water partition coefficient (Wildman–Crippen LogP) is 1.43. The summed E-state index contributed by atoms with van der Waals surface area (Å²) in [6.07, 6.45) is 6.20. The summed E-state index contributed by atoms with van der Waals surface area (Å²) in [5, 5.41) is 2.82. The van der Waals surface area contributed by atoms with Crippen molar-refractivity contribution in [1.82, 2.24) is 33.6 Å². The molecule has 4 aromatic heterocycles. The van der Waals surface area contributed by atoms with E-state index in [9.17, 15) is 14.4 Å². The molecule has 1 amide bonds. The van der Waals surface area contributed by atoms with E-state index < -0.39 is 23.2 Å². The van der Waals surface area contributed by atoms with Gasteiger partial charge in [0.1, 0.15) is 11.9 Å². The zero-order valence-corrected chi connectivity index (χ0v) is 21.8. The number of pyridine rings is 1. The summed E-state index contributed by atoms with van der Waals surface area (Å²) >= 11 is 0. The van der Waals surface area contributed by atoms with Crippen molar-refractivity contribution >= 4 is 28.8 Å². The maximum atomic E-state index is 13.2. The van der Waals surface area contributed by atoms with E-state index in [-0.39, 0.29) is 17.7 Å². The number of carbonyl (C=O) groups excluding carboxylic acids is 1. The summed E-state index contributed by atoms with van der Waals surface area (Å²) < 4.78 is 3.77. The lowest BCUT2D eigenvalue weighted by Gasteiger charge is -2.17. The van der Waals surface area contributed by atoms with Gasteiger partial charge in [-0.25, -0.2) is 29.3 Å². The summed E-state index contributed by atoms with van der Waals surface area (Å²) in [5.74, 6) is 7.70. The first kappa shape index (κ1) is 24.5. The number of imidazole rings is 1. The highest BCUT2D eigenvalue weighted by Crippen LogP contribution is 2.45. The highest BCUT2D eigenvalue weighted by Gasteiger charge is 2.45. The van der Waals surface area contributed by atoms with Gasteiger partial charge in [0, 0.05) is 38.1 Å². The lowest BCUT2D eigenvalue weighted by Crippen LogP contribution is -2.40. The van der Waals surface area contributed by atoms with E-state index in [4.69, 9.17) is 0 Å². The van der Waals surface area contributed by atoms with Crippen LogP contribution in [0.5, 0.6) is 0 Å². The molecule has 5 heterocycles. The van der Waals surface area contributed by atoms with Crippen LogP contribution in [0.25, 0.3) is 22.4 Å². The van der Waals surface area contributed by atoms with Gasteiger partial charge in [0.25, 0.3) is 5.56 Å². The quantitative estimate of drug-likeness (QED) is 0.374. The van der Waals surface area contributed by atoms with Crippen molar-refractivity contribution in [2.24, 2.45) is 18.9 Å². The molecule has 2 aliphatic rings. The first-order valence-corrected chi connectivity index (χ1v) is 12.8. The van der Waals surface area contributed by atoms with Crippen LogP contribution in [0.3, 0.4) is 0 Å². The Labute approximate surface area is 223 Å². The molecule has 39 heavy (non-hydrogen) atoms. The fraction of sp³-hybridized carbons (Fsp3) is 0.370. The minimum atomic E-state index is -0.814. The number of aromatic nitrogens is 7. The van der Waals surface area contributed by atoms with Gasteiger partial charge in [-0.15, -0.1) is 5.92 Å². The van der Waals surface area contributed by atoms with E-state index in [1.165, 1.54) is 28.9 Å². The highest BCUT2D eigenvalue weighted by atomic mass is 16.2. The Hall–Kier alpha value is -4.79. The number of fused-ring (bicyclic) bond motifs is 2. The minimum Gasteiger partial charge on any atom is -0.340 e. The molecule has 6 rings (SSSR count). The number of hydrogen-bond acceptors (Lipinski definition) is 8. The first-order chi connectivity index (χ1) is 18.9. The molecule has 0 aromatic carbocycles. The molecule has 1 aliphatic heterocycles. The van der Waals surface area contributed by atoms with Crippen molar-refractivity contribution in [2.45, 2.75) is 32.9 Å². The molecule has 1 N–H and O–H groups in total. The van der Waals surface area contributed by atoms with Gasteiger partial charge in [-0.1, -0.05) is 12.0 Å². The second-order valence-electron chi connectivity index (χ2n) is 9.99. The van der Waals surface area contributed by atoms with E-state index in [1.807, 2.05) is 6.07 Å². The number of amides is 1. The van der Waals surface area contributed by atoms with Crippen LogP contribution in [-0.4, -0.2) is 52.6 Å². The molecule has 2 unspecified atom stereocenters. The SMILES string of the molecule is CC#CCn1c(=O)c2c(ncn2[C@@H](C)C(=O)Nc2cccc(-c3cnc(N4CC5CC5C4)nc3)n2)n(C)c1=O. The van der Waals surface area contributed by atoms with Gasteiger partial charge in [-0.2, -0.15) is 0 Å². The van der Waals surface area contributed by atoms with Crippen molar-refractivity contribution in [2.75, 3.05) is 23.3 Å². The highest BCUT2D eigenvalue weighted by molar-refractivity contribution is 5.93. The molecule has 4 aromatic rings. The van der Waals surface area contributed by atoms with Crippen LogP contribution in [0, 0.1) is 23.7 Å². The summed E-state index contributed by atoms with van der Waals surface area (Å²) in [6.45, 7) is 5.27. The third-order valence-electron chi connectivity index (χ3n) is 7.46. The van der Waals surface area contributed by atoms with Gasteiger partial charge in [0.2, 0.25) is 11.9 Å². The molecule has 0 spiro atoms. The molecule has 1 saturated carbocycles. The Morgan fingerprint density at radius 1 is 1.15 bits per heavy atom. The van der Waals surface area contributed by atoms with E-state index in [0.29, 0.717) is 11.5 Å². The summed E-state index contributed by atoms with van der Waals surface area (Å²) in [7, 11) is 1.53. The predicted molar refractivity (Wildman–Crippen MR) is 145 cm³/mol. The lowest BCUT2D eigenvalue weighted by molar-refractivity contribution is -0.118. The van der Waals surface area contributed by atoms with Crippen LogP contribution in [0.1, 0.15) is 26.3 Å². The Balaban J connectivity index is 1.23. The summed E-state index contributed by atoms with van der Waals surface area (Å²) in [6, 6.07) is 4.49.